The number of rotatable bonds is 6. The Hall–Kier alpha value is -1.92. The second kappa shape index (κ2) is 9.53. The van der Waals surface area contributed by atoms with Crippen molar-refractivity contribution >= 4 is 44.9 Å². The van der Waals surface area contributed by atoms with E-state index in [0.717, 1.165) is 22.3 Å². The van der Waals surface area contributed by atoms with Crippen molar-refractivity contribution < 1.29 is 9.53 Å². The Morgan fingerprint density at radius 1 is 1.16 bits per heavy atom. The molecule has 0 spiro atoms. The van der Waals surface area contributed by atoms with Crippen LogP contribution in [0.5, 0.6) is 5.75 Å². The van der Waals surface area contributed by atoms with Gasteiger partial charge in [0.2, 0.25) is 0 Å². The van der Waals surface area contributed by atoms with Gasteiger partial charge in [-0.1, -0.05) is 26.0 Å². The summed E-state index contributed by atoms with van der Waals surface area (Å²) in [5, 5.41) is 5.90. The molecule has 0 aliphatic heterocycles. The van der Waals surface area contributed by atoms with Crippen LogP contribution in [0.3, 0.4) is 0 Å². The monoisotopic (exact) mass is 420 g/mol. The molecule has 1 amide bonds. The van der Waals surface area contributed by atoms with Crippen molar-refractivity contribution in [3.63, 3.8) is 0 Å². The normalized spacial score (nSPS) is 10.4. The SMILES string of the molecule is CC(C)CCOc1ccc(C(=O)NC(=S)Nc2ccccc2Br)cc1. The average molecular weight is 421 g/mol. The summed E-state index contributed by atoms with van der Waals surface area (Å²) in [6, 6.07) is 14.6. The molecule has 0 fully saturated rings. The van der Waals surface area contributed by atoms with Gasteiger partial charge in [-0.3, -0.25) is 10.1 Å². The van der Waals surface area contributed by atoms with E-state index in [0.29, 0.717) is 18.1 Å². The Balaban J connectivity index is 1.87. The van der Waals surface area contributed by atoms with Crippen molar-refractivity contribution in [2.24, 2.45) is 5.92 Å². The van der Waals surface area contributed by atoms with Gasteiger partial charge in [-0.05, 0) is 76.9 Å². The van der Waals surface area contributed by atoms with Crippen LogP contribution >= 0.6 is 28.1 Å². The van der Waals surface area contributed by atoms with Gasteiger partial charge in [0.05, 0.1) is 12.3 Å². The maximum Gasteiger partial charge on any atom is 0.257 e. The molecule has 0 saturated carbocycles. The molecule has 0 atom stereocenters. The van der Waals surface area contributed by atoms with Crippen molar-refractivity contribution in [2.45, 2.75) is 20.3 Å². The van der Waals surface area contributed by atoms with Crippen molar-refractivity contribution in [1.29, 1.82) is 0 Å². The zero-order valence-corrected chi connectivity index (χ0v) is 16.6. The van der Waals surface area contributed by atoms with Crippen LogP contribution in [-0.2, 0) is 0 Å². The molecule has 0 bridgehead atoms. The molecular weight excluding hydrogens is 400 g/mol. The lowest BCUT2D eigenvalue weighted by Gasteiger charge is -2.11. The summed E-state index contributed by atoms with van der Waals surface area (Å²) in [5.74, 6) is 1.09. The van der Waals surface area contributed by atoms with Gasteiger partial charge in [0.1, 0.15) is 5.75 Å². The second-order valence-corrected chi connectivity index (χ2v) is 7.21. The minimum absolute atomic E-state index is 0.245. The number of para-hydroxylation sites is 1. The molecule has 6 heteroatoms. The number of benzene rings is 2. The number of halogens is 1. The minimum atomic E-state index is -0.265. The van der Waals surface area contributed by atoms with Crippen molar-refractivity contribution in [3.05, 3.63) is 58.6 Å². The molecule has 25 heavy (non-hydrogen) atoms. The first kappa shape index (κ1) is 19.4. The molecule has 0 aliphatic rings. The summed E-state index contributed by atoms with van der Waals surface area (Å²) in [5.41, 5.74) is 1.31. The predicted octanol–water partition coefficient (Wildman–Crippen LogP) is 5.00. The van der Waals surface area contributed by atoms with Gasteiger partial charge in [0, 0.05) is 10.0 Å². The van der Waals surface area contributed by atoms with E-state index >= 15 is 0 Å². The van der Waals surface area contributed by atoms with Crippen LogP contribution in [0, 0.1) is 5.92 Å². The number of thiocarbonyl (C=S) groups is 1. The number of nitrogens with one attached hydrogen (secondary N) is 2. The maximum atomic E-state index is 12.3. The summed E-state index contributed by atoms with van der Waals surface area (Å²) < 4.78 is 6.52. The first-order chi connectivity index (χ1) is 12.0. The Labute approximate surface area is 162 Å². The molecule has 2 rings (SSSR count). The number of carbonyl (C=O) groups excluding carboxylic acids is 1. The van der Waals surface area contributed by atoms with E-state index in [9.17, 15) is 4.79 Å². The first-order valence-electron chi connectivity index (χ1n) is 8.05. The highest BCUT2D eigenvalue weighted by Gasteiger charge is 2.09. The second-order valence-electron chi connectivity index (χ2n) is 5.94. The lowest BCUT2D eigenvalue weighted by molar-refractivity contribution is 0.0977. The third-order valence-electron chi connectivity index (χ3n) is 3.43. The molecule has 2 aromatic rings. The van der Waals surface area contributed by atoms with E-state index in [1.165, 1.54) is 0 Å². The van der Waals surface area contributed by atoms with Gasteiger partial charge in [-0.25, -0.2) is 0 Å². The maximum absolute atomic E-state index is 12.3. The van der Waals surface area contributed by atoms with E-state index < -0.39 is 0 Å². The zero-order chi connectivity index (χ0) is 18.2. The number of carbonyl (C=O) groups is 1. The molecule has 0 saturated heterocycles. The molecule has 0 aromatic heterocycles. The predicted molar refractivity (Wildman–Crippen MR) is 109 cm³/mol. The highest BCUT2D eigenvalue weighted by atomic mass is 79.9. The van der Waals surface area contributed by atoms with Crippen LogP contribution in [0.15, 0.2) is 53.0 Å². The van der Waals surface area contributed by atoms with Crippen molar-refractivity contribution in [2.75, 3.05) is 11.9 Å². The van der Waals surface area contributed by atoms with Crippen LogP contribution < -0.4 is 15.4 Å². The van der Waals surface area contributed by atoms with Gasteiger partial charge in [-0.15, -0.1) is 0 Å². The third kappa shape index (κ3) is 6.48. The van der Waals surface area contributed by atoms with Crippen molar-refractivity contribution in [3.8, 4) is 5.75 Å². The molecule has 4 nitrogen and oxygen atoms in total. The largest absolute Gasteiger partial charge is 0.494 e. The fourth-order valence-electron chi connectivity index (χ4n) is 2.01. The minimum Gasteiger partial charge on any atom is -0.494 e. The summed E-state index contributed by atoms with van der Waals surface area (Å²) in [4.78, 5) is 12.3. The van der Waals surface area contributed by atoms with E-state index in [-0.39, 0.29) is 11.0 Å². The van der Waals surface area contributed by atoms with E-state index in [1.807, 2.05) is 24.3 Å². The summed E-state index contributed by atoms with van der Waals surface area (Å²) in [6.45, 7) is 4.98. The molecule has 132 valence electrons. The van der Waals surface area contributed by atoms with Gasteiger partial charge < -0.3 is 10.1 Å². The van der Waals surface area contributed by atoms with Crippen LogP contribution in [0.4, 0.5) is 5.69 Å². The number of hydrogen-bond donors (Lipinski definition) is 2. The molecule has 0 unspecified atom stereocenters. The summed E-state index contributed by atoms with van der Waals surface area (Å²) in [7, 11) is 0. The smallest absolute Gasteiger partial charge is 0.257 e. The average Bonchev–Trinajstić information content (AvgIpc) is 2.57. The highest BCUT2D eigenvalue weighted by molar-refractivity contribution is 9.10. The van der Waals surface area contributed by atoms with Crippen LogP contribution in [0.25, 0.3) is 0 Å². The number of amides is 1. The van der Waals surface area contributed by atoms with Crippen molar-refractivity contribution in [1.82, 2.24) is 5.32 Å². The van der Waals surface area contributed by atoms with E-state index in [1.54, 1.807) is 24.3 Å². The quantitative estimate of drug-likeness (QED) is 0.645. The van der Waals surface area contributed by atoms with E-state index in [2.05, 4.69) is 40.4 Å². The van der Waals surface area contributed by atoms with Gasteiger partial charge >= 0.3 is 0 Å². The fraction of sp³-hybridized carbons (Fsp3) is 0.263. The van der Waals surface area contributed by atoms with Gasteiger partial charge in [0.15, 0.2) is 5.11 Å². The Morgan fingerprint density at radius 2 is 1.84 bits per heavy atom. The number of ether oxygens (including phenoxy) is 1. The standard InChI is InChI=1S/C19H21BrN2O2S/c1-13(2)11-12-24-15-9-7-14(8-10-15)18(23)22-19(25)21-17-6-4-3-5-16(17)20/h3-10,13H,11-12H2,1-2H3,(H2,21,22,23,25). The Bertz CT molecular complexity index is 732. The summed E-state index contributed by atoms with van der Waals surface area (Å²) in [6.07, 6.45) is 0.997. The van der Waals surface area contributed by atoms with Crippen LogP contribution in [0.2, 0.25) is 0 Å². The molecule has 0 radical (unpaired) electrons. The lowest BCUT2D eigenvalue weighted by Crippen LogP contribution is -2.34. The summed E-state index contributed by atoms with van der Waals surface area (Å²) >= 11 is 8.62. The zero-order valence-electron chi connectivity index (χ0n) is 14.2. The lowest BCUT2D eigenvalue weighted by atomic mass is 10.1. The van der Waals surface area contributed by atoms with Gasteiger partial charge in [0.25, 0.3) is 5.91 Å². The number of hydrogen-bond acceptors (Lipinski definition) is 3. The van der Waals surface area contributed by atoms with E-state index in [4.69, 9.17) is 17.0 Å². The molecule has 0 heterocycles. The topological polar surface area (TPSA) is 50.4 Å². The highest BCUT2D eigenvalue weighted by Crippen LogP contribution is 2.21. The number of anilines is 1. The van der Waals surface area contributed by atoms with Gasteiger partial charge in [-0.2, -0.15) is 0 Å². The van der Waals surface area contributed by atoms with Crippen LogP contribution in [-0.4, -0.2) is 17.6 Å². The van der Waals surface area contributed by atoms with Crippen LogP contribution in [0.1, 0.15) is 30.6 Å². The Kier molecular flexibility index (Phi) is 7.40. The fourth-order valence-corrected chi connectivity index (χ4v) is 2.59. The third-order valence-corrected chi connectivity index (χ3v) is 4.33. The molecular formula is C19H21BrN2O2S. The molecule has 2 N–H and O–H groups in total. The first-order valence-corrected chi connectivity index (χ1v) is 9.25. The Morgan fingerprint density at radius 3 is 2.48 bits per heavy atom. The molecule has 0 aliphatic carbocycles. The molecule has 2 aromatic carbocycles.